The van der Waals surface area contributed by atoms with E-state index in [1.165, 1.54) is 11.8 Å². The van der Waals surface area contributed by atoms with Crippen molar-refractivity contribution in [2.75, 3.05) is 24.8 Å². The summed E-state index contributed by atoms with van der Waals surface area (Å²) in [6, 6.07) is 21.4. The lowest BCUT2D eigenvalue weighted by Crippen LogP contribution is -2.14. The number of hydrogen-bond acceptors (Lipinski definition) is 6. The Morgan fingerprint density at radius 1 is 1.00 bits per heavy atom. The van der Waals surface area contributed by atoms with Crippen molar-refractivity contribution in [3.05, 3.63) is 77.9 Å². The monoisotopic (exact) mass is 488 g/mol. The quantitative estimate of drug-likeness (QED) is 0.305. The van der Waals surface area contributed by atoms with Crippen molar-refractivity contribution in [1.82, 2.24) is 14.8 Å². The summed E-state index contributed by atoms with van der Waals surface area (Å²) >= 11 is 1.33. The number of aromatic nitrogens is 3. The standard InChI is InChI=1S/C27H28N4O3S/c1-5-34-22-12-10-21(11-13-22)31-26(23-8-6-7-9-24(23)33-4)29-30-27(31)35-17-25(32)28-20-15-18(2)14-19(3)16-20/h6-16H,5,17H2,1-4H3,(H,28,32). The number of carbonyl (C=O) groups is 1. The van der Waals surface area contributed by atoms with Crippen molar-refractivity contribution >= 4 is 23.4 Å². The van der Waals surface area contributed by atoms with Crippen LogP contribution >= 0.6 is 11.8 Å². The molecule has 0 aliphatic carbocycles. The zero-order valence-electron chi connectivity index (χ0n) is 20.2. The highest BCUT2D eigenvalue weighted by atomic mass is 32.2. The first-order chi connectivity index (χ1) is 17.0. The number of nitrogens with one attached hydrogen (secondary N) is 1. The first-order valence-corrected chi connectivity index (χ1v) is 12.3. The summed E-state index contributed by atoms with van der Waals surface area (Å²) in [5.74, 6) is 2.18. The minimum Gasteiger partial charge on any atom is -0.496 e. The van der Waals surface area contributed by atoms with Crippen molar-refractivity contribution in [3.63, 3.8) is 0 Å². The third kappa shape index (κ3) is 5.84. The number of aryl methyl sites for hydroxylation is 2. The van der Waals surface area contributed by atoms with Crippen LogP contribution in [0, 0.1) is 13.8 Å². The van der Waals surface area contributed by atoms with E-state index in [0.29, 0.717) is 23.3 Å². The van der Waals surface area contributed by atoms with Gasteiger partial charge in [-0.3, -0.25) is 9.36 Å². The van der Waals surface area contributed by atoms with E-state index in [1.807, 2.05) is 86.0 Å². The fraction of sp³-hybridized carbons (Fsp3) is 0.222. The highest BCUT2D eigenvalue weighted by Crippen LogP contribution is 2.33. The molecule has 0 aliphatic rings. The van der Waals surface area contributed by atoms with Crippen molar-refractivity contribution in [2.24, 2.45) is 0 Å². The van der Waals surface area contributed by atoms with Crippen molar-refractivity contribution in [3.8, 4) is 28.6 Å². The van der Waals surface area contributed by atoms with Crippen LogP contribution in [0.2, 0.25) is 0 Å². The lowest BCUT2D eigenvalue weighted by atomic mass is 10.1. The molecule has 0 saturated carbocycles. The van der Waals surface area contributed by atoms with E-state index in [-0.39, 0.29) is 11.7 Å². The number of thioether (sulfide) groups is 1. The van der Waals surface area contributed by atoms with Gasteiger partial charge < -0.3 is 14.8 Å². The summed E-state index contributed by atoms with van der Waals surface area (Å²) in [5, 5.41) is 12.5. The molecular formula is C27H28N4O3S. The van der Waals surface area contributed by atoms with Crippen LogP contribution in [-0.4, -0.2) is 40.1 Å². The molecule has 4 rings (SSSR count). The van der Waals surface area contributed by atoms with Gasteiger partial charge in [-0.05, 0) is 80.4 Å². The molecule has 35 heavy (non-hydrogen) atoms. The number of amides is 1. The Kier molecular flexibility index (Phi) is 7.72. The van der Waals surface area contributed by atoms with Crippen LogP contribution in [-0.2, 0) is 4.79 Å². The van der Waals surface area contributed by atoms with Gasteiger partial charge in [0.2, 0.25) is 5.91 Å². The van der Waals surface area contributed by atoms with E-state index in [2.05, 4.69) is 21.6 Å². The van der Waals surface area contributed by atoms with Gasteiger partial charge in [0.25, 0.3) is 0 Å². The lowest BCUT2D eigenvalue weighted by molar-refractivity contribution is -0.113. The van der Waals surface area contributed by atoms with Crippen LogP contribution in [0.4, 0.5) is 5.69 Å². The average Bonchev–Trinajstić information content (AvgIpc) is 3.26. The van der Waals surface area contributed by atoms with E-state index in [9.17, 15) is 4.79 Å². The number of ether oxygens (including phenoxy) is 2. The van der Waals surface area contributed by atoms with Crippen molar-refractivity contribution in [2.45, 2.75) is 25.9 Å². The van der Waals surface area contributed by atoms with Crippen LogP contribution in [0.5, 0.6) is 11.5 Å². The highest BCUT2D eigenvalue weighted by Gasteiger charge is 2.20. The highest BCUT2D eigenvalue weighted by molar-refractivity contribution is 7.99. The summed E-state index contributed by atoms with van der Waals surface area (Å²) in [6.07, 6.45) is 0. The van der Waals surface area contributed by atoms with E-state index >= 15 is 0 Å². The molecule has 0 saturated heterocycles. The molecule has 0 radical (unpaired) electrons. The average molecular weight is 489 g/mol. The maximum absolute atomic E-state index is 12.7. The van der Waals surface area contributed by atoms with Crippen molar-refractivity contribution < 1.29 is 14.3 Å². The number of rotatable bonds is 9. The number of methoxy groups -OCH3 is 1. The summed E-state index contributed by atoms with van der Waals surface area (Å²) in [4.78, 5) is 12.7. The second-order valence-electron chi connectivity index (χ2n) is 7.98. The summed E-state index contributed by atoms with van der Waals surface area (Å²) in [7, 11) is 1.63. The Morgan fingerprint density at radius 2 is 1.71 bits per heavy atom. The van der Waals surface area contributed by atoms with E-state index < -0.39 is 0 Å². The van der Waals surface area contributed by atoms with E-state index in [1.54, 1.807) is 7.11 Å². The molecule has 3 aromatic carbocycles. The van der Waals surface area contributed by atoms with Gasteiger partial charge in [-0.1, -0.05) is 30.0 Å². The molecule has 0 spiro atoms. The third-order valence-corrected chi connectivity index (χ3v) is 6.15. The third-order valence-electron chi connectivity index (χ3n) is 5.22. The van der Waals surface area contributed by atoms with Gasteiger partial charge in [-0.25, -0.2) is 0 Å². The smallest absolute Gasteiger partial charge is 0.234 e. The summed E-state index contributed by atoms with van der Waals surface area (Å²) < 4.78 is 13.1. The molecule has 1 aromatic heterocycles. The van der Waals surface area contributed by atoms with Crippen LogP contribution in [0.1, 0.15) is 18.1 Å². The van der Waals surface area contributed by atoms with Crippen LogP contribution in [0.3, 0.4) is 0 Å². The van der Waals surface area contributed by atoms with Gasteiger partial charge in [-0.15, -0.1) is 10.2 Å². The predicted octanol–water partition coefficient (Wildman–Crippen LogP) is 5.69. The molecule has 7 nitrogen and oxygen atoms in total. The molecule has 180 valence electrons. The summed E-state index contributed by atoms with van der Waals surface area (Å²) in [6.45, 7) is 6.56. The van der Waals surface area contributed by atoms with Crippen LogP contribution < -0.4 is 14.8 Å². The van der Waals surface area contributed by atoms with Crippen LogP contribution in [0.15, 0.2) is 71.9 Å². The van der Waals surface area contributed by atoms with Crippen LogP contribution in [0.25, 0.3) is 17.1 Å². The van der Waals surface area contributed by atoms with E-state index in [4.69, 9.17) is 9.47 Å². The van der Waals surface area contributed by atoms with Gasteiger partial charge >= 0.3 is 0 Å². The van der Waals surface area contributed by atoms with Gasteiger partial charge in [-0.2, -0.15) is 0 Å². The first-order valence-electron chi connectivity index (χ1n) is 11.3. The Labute approximate surface area is 209 Å². The molecule has 1 amide bonds. The molecule has 0 fully saturated rings. The second kappa shape index (κ2) is 11.1. The molecule has 8 heteroatoms. The number of nitrogens with zero attached hydrogens (tertiary/aromatic N) is 3. The number of hydrogen-bond donors (Lipinski definition) is 1. The number of para-hydroxylation sites is 1. The van der Waals surface area contributed by atoms with Gasteiger partial charge in [0, 0.05) is 5.69 Å². The zero-order chi connectivity index (χ0) is 24.8. The van der Waals surface area contributed by atoms with Gasteiger partial charge in [0.1, 0.15) is 11.5 Å². The molecule has 1 N–H and O–H groups in total. The molecule has 1 heterocycles. The Morgan fingerprint density at radius 3 is 2.40 bits per heavy atom. The molecule has 0 bridgehead atoms. The number of anilines is 1. The SMILES string of the molecule is CCOc1ccc(-n2c(SCC(=O)Nc3cc(C)cc(C)c3)nnc2-c2ccccc2OC)cc1. The fourth-order valence-electron chi connectivity index (χ4n) is 3.83. The van der Waals surface area contributed by atoms with E-state index in [0.717, 1.165) is 33.8 Å². The van der Waals surface area contributed by atoms with Crippen molar-refractivity contribution in [1.29, 1.82) is 0 Å². The number of benzene rings is 3. The Bertz CT molecular complexity index is 1300. The maximum Gasteiger partial charge on any atom is 0.234 e. The molecular weight excluding hydrogens is 460 g/mol. The molecule has 0 atom stereocenters. The first kappa shape index (κ1) is 24.3. The Balaban J connectivity index is 1.63. The predicted molar refractivity (Wildman–Crippen MR) is 140 cm³/mol. The topological polar surface area (TPSA) is 78.3 Å². The fourth-order valence-corrected chi connectivity index (χ4v) is 4.58. The minimum atomic E-state index is -0.111. The number of carbonyl (C=O) groups excluding carboxylic acids is 1. The largest absolute Gasteiger partial charge is 0.496 e. The van der Waals surface area contributed by atoms with Gasteiger partial charge in [0.05, 0.1) is 30.7 Å². The normalized spacial score (nSPS) is 10.7. The molecule has 0 unspecified atom stereocenters. The summed E-state index contributed by atoms with van der Waals surface area (Å²) in [5.41, 5.74) is 4.66. The molecule has 0 aliphatic heterocycles. The maximum atomic E-state index is 12.7. The molecule has 4 aromatic rings. The minimum absolute atomic E-state index is 0.111. The zero-order valence-corrected chi connectivity index (χ0v) is 21.1. The Hall–Kier alpha value is -3.78. The second-order valence-corrected chi connectivity index (χ2v) is 8.92. The van der Waals surface area contributed by atoms with Gasteiger partial charge in [0.15, 0.2) is 11.0 Å². The lowest BCUT2D eigenvalue weighted by Gasteiger charge is -2.13.